The molecule has 11 heteroatoms. The third-order valence-corrected chi connectivity index (χ3v) is 6.70. The molecule has 192 valence electrons. The number of hydrazine groups is 1. The first kappa shape index (κ1) is 25.3. The molecule has 0 aliphatic carbocycles. The summed E-state index contributed by atoms with van der Waals surface area (Å²) in [5, 5.41) is 6.83. The molecule has 3 N–H and O–H groups in total. The summed E-state index contributed by atoms with van der Waals surface area (Å²) < 4.78 is 0. The number of amides is 6. The zero-order valence-electron chi connectivity index (χ0n) is 20.1. The molecule has 0 radical (unpaired) electrons. The minimum atomic E-state index is -0.985. The summed E-state index contributed by atoms with van der Waals surface area (Å²) in [6.45, 7) is 1.19. The summed E-state index contributed by atoms with van der Waals surface area (Å²) in [4.78, 5) is 74.1. The number of unbranched alkanes of at least 4 members (excludes halogenated alkanes) is 4. The van der Waals surface area contributed by atoms with Gasteiger partial charge in [0.25, 0.3) is 11.8 Å². The van der Waals surface area contributed by atoms with Crippen LogP contribution in [0.2, 0.25) is 0 Å². The molecule has 36 heavy (non-hydrogen) atoms. The van der Waals surface area contributed by atoms with Crippen LogP contribution in [0.4, 0.5) is 5.69 Å². The van der Waals surface area contributed by atoms with Gasteiger partial charge in [0.1, 0.15) is 6.04 Å². The molecule has 11 nitrogen and oxygen atoms in total. The van der Waals surface area contributed by atoms with Gasteiger partial charge in [0.15, 0.2) is 0 Å². The molecule has 2 fully saturated rings. The van der Waals surface area contributed by atoms with E-state index in [9.17, 15) is 28.8 Å². The minimum absolute atomic E-state index is 0.0327. The molecule has 3 heterocycles. The fourth-order valence-electron chi connectivity index (χ4n) is 4.80. The highest BCUT2D eigenvalue weighted by molar-refractivity contribution is 6.25. The predicted molar refractivity (Wildman–Crippen MR) is 128 cm³/mol. The van der Waals surface area contributed by atoms with Crippen LogP contribution in [-0.2, 0) is 19.2 Å². The van der Waals surface area contributed by atoms with Crippen LogP contribution < -0.4 is 16.1 Å². The Morgan fingerprint density at radius 3 is 2.50 bits per heavy atom. The van der Waals surface area contributed by atoms with Gasteiger partial charge in [-0.1, -0.05) is 25.3 Å². The fraction of sp³-hybridized carbons (Fsp3) is 0.520. The van der Waals surface area contributed by atoms with E-state index in [1.165, 1.54) is 5.01 Å². The Hall–Kier alpha value is -3.76. The SMILES string of the molecule is O=C1CCC(N2C(=O)c3cccc(NCCCCCCCC(=O)NN4CCCC4=O)c3C2=O)C(=O)N1. The van der Waals surface area contributed by atoms with Gasteiger partial charge < -0.3 is 5.32 Å². The normalized spacial score (nSPS) is 19.6. The molecule has 4 rings (SSSR count). The molecule has 1 aromatic carbocycles. The lowest BCUT2D eigenvalue weighted by Gasteiger charge is -2.27. The highest BCUT2D eigenvalue weighted by Crippen LogP contribution is 2.32. The molecule has 0 bridgehead atoms. The van der Waals surface area contributed by atoms with Crippen LogP contribution in [0.5, 0.6) is 0 Å². The third kappa shape index (κ3) is 5.55. The van der Waals surface area contributed by atoms with Gasteiger partial charge in [-0.2, -0.15) is 0 Å². The third-order valence-electron chi connectivity index (χ3n) is 6.70. The van der Waals surface area contributed by atoms with Crippen LogP contribution >= 0.6 is 0 Å². The highest BCUT2D eigenvalue weighted by atomic mass is 16.2. The number of carbonyl (C=O) groups is 6. The molecule has 2 saturated heterocycles. The number of carbonyl (C=O) groups excluding carboxylic acids is 6. The highest BCUT2D eigenvalue weighted by Gasteiger charge is 2.45. The number of anilines is 1. The van der Waals surface area contributed by atoms with Gasteiger partial charge in [0.05, 0.1) is 11.1 Å². The number of nitrogens with zero attached hydrogens (tertiary/aromatic N) is 2. The number of benzene rings is 1. The van der Waals surface area contributed by atoms with Gasteiger partial charge >= 0.3 is 0 Å². The van der Waals surface area contributed by atoms with Crippen molar-refractivity contribution in [3.05, 3.63) is 29.3 Å². The van der Waals surface area contributed by atoms with Crippen molar-refractivity contribution < 1.29 is 28.8 Å². The molecule has 0 aromatic heterocycles. The molecule has 3 aliphatic rings. The molecule has 1 aromatic rings. The van der Waals surface area contributed by atoms with Crippen LogP contribution in [-0.4, -0.2) is 64.5 Å². The zero-order chi connectivity index (χ0) is 25.7. The average molecular weight is 498 g/mol. The largest absolute Gasteiger partial charge is 0.384 e. The second-order valence-electron chi connectivity index (χ2n) is 9.30. The van der Waals surface area contributed by atoms with Gasteiger partial charge in [0.2, 0.25) is 23.6 Å². The lowest BCUT2D eigenvalue weighted by atomic mass is 10.0. The summed E-state index contributed by atoms with van der Waals surface area (Å²) >= 11 is 0. The molecule has 1 unspecified atom stereocenters. The summed E-state index contributed by atoms with van der Waals surface area (Å²) in [6.07, 6.45) is 6.24. The molecule has 0 saturated carbocycles. The van der Waals surface area contributed by atoms with Gasteiger partial charge in [0, 0.05) is 38.0 Å². The Kier molecular flexibility index (Phi) is 7.97. The number of nitrogens with one attached hydrogen (secondary N) is 3. The number of hydrogen-bond donors (Lipinski definition) is 3. The van der Waals surface area contributed by atoms with E-state index in [1.807, 2.05) is 0 Å². The first-order valence-corrected chi connectivity index (χ1v) is 12.5. The van der Waals surface area contributed by atoms with E-state index in [2.05, 4.69) is 16.1 Å². The first-order chi connectivity index (χ1) is 17.4. The van der Waals surface area contributed by atoms with Gasteiger partial charge in [-0.05, 0) is 37.8 Å². The van der Waals surface area contributed by atoms with Crippen LogP contribution in [0.3, 0.4) is 0 Å². The number of fused-ring (bicyclic) bond motifs is 1. The maximum absolute atomic E-state index is 13.1. The van der Waals surface area contributed by atoms with E-state index in [1.54, 1.807) is 18.2 Å². The van der Waals surface area contributed by atoms with Gasteiger partial charge in [-0.15, -0.1) is 0 Å². The van der Waals surface area contributed by atoms with Crippen LogP contribution in [0.25, 0.3) is 0 Å². The second kappa shape index (κ2) is 11.3. The van der Waals surface area contributed by atoms with Gasteiger partial charge in [-0.3, -0.25) is 49.4 Å². The van der Waals surface area contributed by atoms with E-state index in [-0.39, 0.29) is 35.8 Å². The van der Waals surface area contributed by atoms with Crippen molar-refractivity contribution in [3.8, 4) is 0 Å². The monoisotopic (exact) mass is 497 g/mol. The topological polar surface area (TPSA) is 145 Å². The van der Waals surface area contributed by atoms with Crippen molar-refractivity contribution in [2.75, 3.05) is 18.4 Å². The average Bonchev–Trinajstić information content (AvgIpc) is 3.36. The first-order valence-electron chi connectivity index (χ1n) is 12.5. The lowest BCUT2D eigenvalue weighted by molar-refractivity contribution is -0.138. The standard InChI is InChI=1S/C25H31N5O6/c31-19-13-12-18(23(34)27-19)30-24(35)16-8-6-9-17(22(16)25(30)36)26-14-5-3-1-2-4-10-20(32)28-29-15-7-11-21(29)33/h6,8-9,18,26H,1-5,7,10-15H2,(H,28,32)(H,27,31,34). The summed E-state index contributed by atoms with van der Waals surface area (Å²) in [5.41, 5.74) is 3.72. The van der Waals surface area contributed by atoms with Crippen molar-refractivity contribution in [3.63, 3.8) is 0 Å². The van der Waals surface area contributed by atoms with E-state index in [4.69, 9.17) is 0 Å². The number of piperidine rings is 1. The predicted octanol–water partition coefficient (Wildman–Crippen LogP) is 1.49. The molecular formula is C25H31N5O6. The fourth-order valence-corrected chi connectivity index (χ4v) is 4.80. The molecule has 0 spiro atoms. The Balaban J connectivity index is 1.19. The molecule has 1 atom stereocenters. The van der Waals surface area contributed by atoms with Crippen LogP contribution in [0.15, 0.2) is 18.2 Å². The van der Waals surface area contributed by atoms with Crippen molar-refractivity contribution in [2.45, 2.75) is 70.3 Å². The number of hydrogen-bond acceptors (Lipinski definition) is 7. The maximum atomic E-state index is 13.1. The number of imide groups is 2. The van der Waals surface area contributed by atoms with Crippen molar-refractivity contribution >= 4 is 41.1 Å². The van der Waals surface area contributed by atoms with E-state index in [0.29, 0.717) is 31.6 Å². The Bertz CT molecular complexity index is 1090. The smallest absolute Gasteiger partial charge is 0.264 e. The van der Waals surface area contributed by atoms with Crippen molar-refractivity contribution in [2.24, 2.45) is 0 Å². The summed E-state index contributed by atoms with van der Waals surface area (Å²) in [7, 11) is 0. The van der Waals surface area contributed by atoms with Crippen molar-refractivity contribution in [1.82, 2.24) is 20.7 Å². The molecule has 3 aliphatic heterocycles. The number of rotatable bonds is 11. The Labute approximate surface area is 208 Å². The molecular weight excluding hydrogens is 466 g/mol. The van der Waals surface area contributed by atoms with Crippen LogP contribution in [0, 0.1) is 0 Å². The lowest BCUT2D eigenvalue weighted by Crippen LogP contribution is -2.54. The van der Waals surface area contributed by atoms with E-state index >= 15 is 0 Å². The van der Waals surface area contributed by atoms with Crippen LogP contribution in [0.1, 0.15) is 84.9 Å². The molecule has 6 amide bonds. The Morgan fingerprint density at radius 2 is 1.75 bits per heavy atom. The van der Waals surface area contributed by atoms with E-state index < -0.39 is 29.7 Å². The summed E-state index contributed by atoms with van der Waals surface area (Å²) in [6, 6.07) is 4.02. The van der Waals surface area contributed by atoms with Gasteiger partial charge in [-0.25, -0.2) is 0 Å². The Morgan fingerprint density at radius 1 is 0.972 bits per heavy atom. The maximum Gasteiger partial charge on any atom is 0.264 e. The summed E-state index contributed by atoms with van der Waals surface area (Å²) in [5.74, 6) is -2.24. The van der Waals surface area contributed by atoms with Crippen molar-refractivity contribution in [1.29, 1.82) is 0 Å². The zero-order valence-corrected chi connectivity index (χ0v) is 20.1. The quantitative estimate of drug-likeness (QED) is 0.310. The van der Waals surface area contributed by atoms with E-state index in [0.717, 1.165) is 43.4 Å². The second-order valence-corrected chi connectivity index (χ2v) is 9.30. The minimum Gasteiger partial charge on any atom is -0.384 e.